The lowest BCUT2D eigenvalue weighted by Crippen LogP contribution is -2.20. The number of rotatable bonds is 2. The van der Waals surface area contributed by atoms with Gasteiger partial charge in [0.25, 0.3) is 5.56 Å². The Bertz CT molecular complexity index is 683. The number of aromatic nitrogens is 1. The Kier molecular flexibility index (Phi) is 3.63. The van der Waals surface area contributed by atoms with Crippen molar-refractivity contribution in [2.75, 3.05) is 0 Å². The fourth-order valence-electron chi connectivity index (χ4n) is 1.71. The summed E-state index contributed by atoms with van der Waals surface area (Å²) in [7, 11) is 0. The van der Waals surface area contributed by atoms with Gasteiger partial charge in [0.2, 0.25) is 0 Å². The van der Waals surface area contributed by atoms with Crippen LogP contribution in [0.4, 0.5) is 0 Å². The zero-order chi connectivity index (χ0) is 13.1. The molecule has 0 saturated carbocycles. The minimum atomic E-state index is -0.0663. The van der Waals surface area contributed by atoms with Crippen LogP contribution < -0.4 is 5.56 Å². The Balaban J connectivity index is 2.44. The van der Waals surface area contributed by atoms with E-state index in [2.05, 4.69) is 22.0 Å². The molecule has 0 amide bonds. The first-order chi connectivity index (χ1) is 8.61. The van der Waals surface area contributed by atoms with Gasteiger partial charge in [-0.25, -0.2) is 0 Å². The largest absolute Gasteiger partial charge is 0.310 e. The highest BCUT2D eigenvalue weighted by Crippen LogP contribution is 2.14. The Morgan fingerprint density at radius 1 is 1.39 bits per heavy atom. The molecule has 18 heavy (non-hydrogen) atoms. The van der Waals surface area contributed by atoms with Crippen molar-refractivity contribution in [3.8, 4) is 6.07 Å². The first-order valence-electron chi connectivity index (χ1n) is 5.46. The topological polar surface area (TPSA) is 45.8 Å². The van der Waals surface area contributed by atoms with Crippen LogP contribution in [0, 0.1) is 18.3 Å². The van der Waals surface area contributed by atoms with E-state index in [1.165, 1.54) is 0 Å². The average Bonchev–Trinajstić information content (AvgIpc) is 2.36. The molecule has 2 rings (SSSR count). The van der Waals surface area contributed by atoms with E-state index in [9.17, 15) is 4.79 Å². The van der Waals surface area contributed by atoms with Gasteiger partial charge in [-0.3, -0.25) is 4.79 Å². The molecule has 1 aromatic carbocycles. The lowest BCUT2D eigenvalue weighted by molar-refractivity contribution is 0.752. The maximum Gasteiger partial charge on any atom is 0.251 e. The fraction of sp³-hybridized carbons (Fsp3) is 0.143. The predicted molar refractivity (Wildman–Crippen MR) is 73.4 cm³/mol. The van der Waals surface area contributed by atoms with E-state index < -0.39 is 0 Å². The van der Waals surface area contributed by atoms with Crippen molar-refractivity contribution in [2.45, 2.75) is 13.5 Å². The molecule has 0 unspecified atom stereocenters. The first-order valence-corrected chi connectivity index (χ1v) is 6.25. The number of benzene rings is 1. The van der Waals surface area contributed by atoms with E-state index in [0.29, 0.717) is 12.1 Å². The molecule has 0 aliphatic heterocycles. The molecule has 0 radical (unpaired) electrons. The predicted octanol–water partition coefficient (Wildman–Crippen LogP) is 2.84. The number of nitriles is 1. The van der Waals surface area contributed by atoms with Crippen molar-refractivity contribution in [3.05, 3.63) is 68.0 Å². The van der Waals surface area contributed by atoms with E-state index in [0.717, 1.165) is 15.6 Å². The van der Waals surface area contributed by atoms with Crippen molar-refractivity contribution < 1.29 is 0 Å². The second kappa shape index (κ2) is 5.19. The number of nitrogens with zero attached hydrogens (tertiary/aromatic N) is 2. The Labute approximate surface area is 113 Å². The van der Waals surface area contributed by atoms with Crippen LogP contribution in [0.1, 0.15) is 16.7 Å². The van der Waals surface area contributed by atoms with E-state index in [-0.39, 0.29) is 5.56 Å². The Morgan fingerprint density at radius 3 is 2.83 bits per heavy atom. The number of hydrogen-bond donors (Lipinski definition) is 0. The van der Waals surface area contributed by atoms with Gasteiger partial charge in [0.1, 0.15) is 0 Å². The third-order valence-corrected chi connectivity index (χ3v) is 3.58. The van der Waals surface area contributed by atoms with Gasteiger partial charge in [0, 0.05) is 16.7 Å². The normalized spacial score (nSPS) is 10.1. The van der Waals surface area contributed by atoms with Crippen LogP contribution in [0.15, 0.2) is 45.8 Å². The van der Waals surface area contributed by atoms with Crippen LogP contribution in [-0.2, 0) is 6.54 Å². The van der Waals surface area contributed by atoms with Crippen LogP contribution in [-0.4, -0.2) is 4.57 Å². The molecule has 4 heteroatoms. The lowest BCUT2D eigenvalue weighted by atomic mass is 10.1. The molecule has 0 aliphatic carbocycles. The number of aryl methyl sites for hydroxylation is 1. The average molecular weight is 303 g/mol. The third kappa shape index (κ3) is 2.52. The van der Waals surface area contributed by atoms with Gasteiger partial charge in [-0.05, 0) is 40.0 Å². The van der Waals surface area contributed by atoms with Gasteiger partial charge in [-0.2, -0.15) is 5.26 Å². The molecule has 0 aliphatic rings. The highest BCUT2D eigenvalue weighted by atomic mass is 79.9. The minimum Gasteiger partial charge on any atom is -0.310 e. The zero-order valence-corrected chi connectivity index (χ0v) is 11.4. The van der Waals surface area contributed by atoms with Crippen LogP contribution in [0.5, 0.6) is 0 Å². The molecule has 0 spiro atoms. The van der Waals surface area contributed by atoms with Gasteiger partial charge in [0.15, 0.2) is 0 Å². The van der Waals surface area contributed by atoms with Crippen molar-refractivity contribution in [1.82, 2.24) is 4.57 Å². The van der Waals surface area contributed by atoms with E-state index >= 15 is 0 Å². The molecular weight excluding hydrogens is 292 g/mol. The smallest absolute Gasteiger partial charge is 0.251 e. The summed E-state index contributed by atoms with van der Waals surface area (Å²) in [6, 6.07) is 11.0. The summed E-state index contributed by atoms with van der Waals surface area (Å²) in [5.41, 5.74) is 2.28. The Hall–Kier alpha value is -1.86. The van der Waals surface area contributed by atoms with Crippen molar-refractivity contribution >= 4 is 15.9 Å². The van der Waals surface area contributed by atoms with Gasteiger partial charge in [0.05, 0.1) is 18.2 Å². The van der Waals surface area contributed by atoms with E-state index in [1.807, 2.05) is 25.1 Å². The van der Waals surface area contributed by atoms with Gasteiger partial charge in [-0.1, -0.05) is 18.2 Å². The number of pyridine rings is 1. The number of hydrogen-bond acceptors (Lipinski definition) is 2. The molecule has 1 heterocycles. The molecule has 3 nitrogen and oxygen atoms in total. The summed E-state index contributed by atoms with van der Waals surface area (Å²) >= 11 is 3.40. The quantitative estimate of drug-likeness (QED) is 0.856. The lowest BCUT2D eigenvalue weighted by Gasteiger charge is -2.09. The zero-order valence-electron chi connectivity index (χ0n) is 9.85. The molecule has 90 valence electrons. The minimum absolute atomic E-state index is 0.0663. The van der Waals surface area contributed by atoms with E-state index in [1.54, 1.807) is 22.9 Å². The summed E-state index contributed by atoms with van der Waals surface area (Å²) in [5, 5.41) is 9.02. The highest BCUT2D eigenvalue weighted by Gasteiger charge is 2.05. The first kappa shape index (κ1) is 12.6. The molecule has 0 saturated heterocycles. The maximum absolute atomic E-state index is 11.9. The molecule has 0 fully saturated rings. The molecule has 2 aromatic rings. The summed E-state index contributed by atoms with van der Waals surface area (Å²) in [6.45, 7) is 2.28. The van der Waals surface area contributed by atoms with E-state index in [4.69, 9.17) is 5.26 Å². The van der Waals surface area contributed by atoms with Crippen molar-refractivity contribution in [1.29, 1.82) is 5.26 Å². The highest BCUT2D eigenvalue weighted by molar-refractivity contribution is 9.10. The molecular formula is C14H11BrN2O. The Morgan fingerprint density at radius 2 is 2.11 bits per heavy atom. The standard InChI is InChI=1S/C14H11BrN2O/c1-10-6-14(18)17(9-13(10)15)8-12-5-3-2-4-11(12)7-16/h2-6,9H,8H2,1H3. The monoisotopic (exact) mass is 302 g/mol. The summed E-state index contributed by atoms with van der Waals surface area (Å²) in [6.07, 6.45) is 1.76. The third-order valence-electron chi connectivity index (χ3n) is 2.75. The van der Waals surface area contributed by atoms with Crippen LogP contribution in [0.25, 0.3) is 0 Å². The molecule has 0 atom stereocenters. The maximum atomic E-state index is 11.9. The summed E-state index contributed by atoms with van der Waals surface area (Å²) in [4.78, 5) is 11.9. The molecule has 0 bridgehead atoms. The molecule has 1 aromatic heterocycles. The van der Waals surface area contributed by atoms with Gasteiger partial charge < -0.3 is 4.57 Å². The summed E-state index contributed by atoms with van der Waals surface area (Å²) in [5.74, 6) is 0. The van der Waals surface area contributed by atoms with Crippen LogP contribution >= 0.6 is 15.9 Å². The second-order valence-corrected chi connectivity index (χ2v) is 4.89. The fourth-order valence-corrected chi connectivity index (χ4v) is 2.08. The van der Waals surface area contributed by atoms with Gasteiger partial charge >= 0.3 is 0 Å². The summed E-state index contributed by atoms with van der Waals surface area (Å²) < 4.78 is 2.48. The second-order valence-electron chi connectivity index (χ2n) is 4.04. The van der Waals surface area contributed by atoms with Crippen LogP contribution in [0.3, 0.4) is 0 Å². The van der Waals surface area contributed by atoms with Crippen LogP contribution in [0.2, 0.25) is 0 Å². The number of halogens is 1. The van der Waals surface area contributed by atoms with Crippen molar-refractivity contribution in [3.63, 3.8) is 0 Å². The van der Waals surface area contributed by atoms with Gasteiger partial charge in [-0.15, -0.1) is 0 Å². The van der Waals surface area contributed by atoms with Crippen molar-refractivity contribution in [2.24, 2.45) is 0 Å². The molecule has 0 N–H and O–H groups in total. The SMILES string of the molecule is Cc1cc(=O)n(Cc2ccccc2C#N)cc1Br.